The van der Waals surface area contributed by atoms with E-state index >= 15 is 0 Å². The van der Waals surface area contributed by atoms with Crippen molar-refractivity contribution >= 4 is 5.97 Å². The second-order valence-electron chi connectivity index (χ2n) is 6.49. The summed E-state index contributed by atoms with van der Waals surface area (Å²) in [7, 11) is 0. The Balaban J connectivity index is 3.26. The van der Waals surface area contributed by atoms with Gasteiger partial charge in [-0.25, -0.2) is 0 Å². The van der Waals surface area contributed by atoms with Gasteiger partial charge in [-0.1, -0.05) is 83.0 Å². The molecular formula is C22H36O2. The van der Waals surface area contributed by atoms with Gasteiger partial charge >= 0.3 is 5.97 Å². The second-order valence-corrected chi connectivity index (χ2v) is 6.49. The van der Waals surface area contributed by atoms with Crippen molar-refractivity contribution in [3.8, 4) is 23.7 Å². The number of aliphatic carboxylic acids is 1. The summed E-state index contributed by atoms with van der Waals surface area (Å²) in [6.45, 7) is 2.26. The summed E-state index contributed by atoms with van der Waals surface area (Å²) < 4.78 is 0. The molecule has 0 aromatic rings. The third-order valence-electron chi connectivity index (χ3n) is 4.09. The van der Waals surface area contributed by atoms with Crippen LogP contribution in [0.4, 0.5) is 0 Å². The van der Waals surface area contributed by atoms with E-state index in [-0.39, 0.29) is 6.42 Å². The Morgan fingerprint density at radius 3 is 1.54 bits per heavy atom. The number of rotatable bonds is 15. The van der Waals surface area contributed by atoms with Crippen molar-refractivity contribution in [2.24, 2.45) is 0 Å². The number of hydrogen-bond acceptors (Lipinski definition) is 1. The quantitative estimate of drug-likeness (QED) is 0.281. The average Bonchev–Trinajstić information content (AvgIpc) is 2.56. The number of carbonyl (C=O) groups is 1. The maximum atomic E-state index is 10.3. The molecule has 0 aliphatic heterocycles. The first-order valence-corrected chi connectivity index (χ1v) is 9.95. The Morgan fingerprint density at radius 1 is 0.667 bits per heavy atom. The average molecular weight is 333 g/mol. The molecule has 0 saturated carbocycles. The van der Waals surface area contributed by atoms with E-state index in [1.807, 2.05) is 0 Å². The largest absolute Gasteiger partial charge is 0.481 e. The van der Waals surface area contributed by atoms with Gasteiger partial charge in [0.2, 0.25) is 0 Å². The lowest BCUT2D eigenvalue weighted by molar-refractivity contribution is -0.137. The molecule has 0 unspecified atom stereocenters. The smallest absolute Gasteiger partial charge is 0.303 e. The topological polar surface area (TPSA) is 37.3 Å². The monoisotopic (exact) mass is 332 g/mol. The molecule has 0 radical (unpaired) electrons. The third-order valence-corrected chi connectivity index (χ3v) is 4.09. The van der Waals surface area contributed by atoms with E-state index in [2.05, 4.69) is 30.6 Å². The van der Waals surface area contributed by atoms with E-state index in [9.17, 15) is 4.79 Å². The molecule has 2 heteroatoms. The fourth-order valence-corrected chi connectivity index (χ4v) is 2.58. The summed E-state index contributed by atoms with van der Waals surface area (Å²) in [5, 5.41) is 8.52. The van der Waals surface area contributed by atoms with Crippen LogP contribution in [0, 0.1) is 23.7 Å². The van der Waals surface area contributed by atoms with Crippen LogP contribution in [0.25, 0.3) is 0 Å². The molecule has 0 amide bonds. The van der Waals surface area contributed by atoms with E-state index in [1.54, 1.807) is 0 Å². The molecule has 24 heavy (non-hydrogen) atoms. The van der Waals surface area contributed by atoms with Gasteiger partial charge in [0.15, 0.2) is 0 Å². The third kappa shape index (κ3) is 20.6. The van der Waals surface area contributed by atoms with E-state index in [4.69, 9.17) is 5.11 Å². The summed E-state index contributed by atoms with van der Waals surface area (Å²) in [6.07, 6.45) is 18.2. The van der Waals surface area contributed by atoms with Crippen LogP contribution in [0.3, 0.4) is 0 Å². The van der Waals surface area contributed by atoms with E-state index in [0.717, 1.165) is 38.5 Å². The maximum absolute atomic E-state index is 10.3. The van der Waals surface area contributed by atoms with Gasteiger partial charge in [-0.15, -0.1) is 0 Å². The van der Waals surface area contributed by atoms with E-state index in [1.165, 1.54) is 57.8 Å². The number of unbranched alkanes of at least 4 members (excludes halogenated alkanes) is 13. The first-order valence-electron chi connectivity index (χ1n) is 9.95. The first-order chi connectivity index (χ1) is 11.8. The lowest BCUT2D eigenvalue weighted by Gasteiger charge is -1.99. The van der Waals surface area contributed by atoms with Gasteiger partial charge in [0.25, 0.3) is 0 Å². The van der Waals surface area contributed by atoms with E-state index in [0.29, 0.717) is 0 Å². The van der Waals surface area contributed by atoms with Crippen LogP contribution in [-0.2, 0) is 4.79 Å². The number of carboxylic acids is 1. The highest BCUT2D eigenvalue weighted by Crippen LogP contribution is 2.10. The van der Waals surface area contributed by atoms with Gasteiger partial charge in [0.1, 0.15) is 0 Å². The molecule has 0 aromatic carbocycles. The zero-order chi connectivity index (χ0) is 17.7. The van der Waals surface area contributed by atoms with Crippen LogP contribution in [0.1, 0.15) is 110 Å². The summed E-state index contributed by atoms with van der Waals surface area (Å²) in [5.41, 5.74) is 0. The van der Waals surface area contributed by atoms with Crippen LogP contribution in [0.5, 0.6) is 0 Å². The van der Waals surface area contributed by atoms with Crippen molar-refractivity contribution in [3.05, 3.63) is 0 Å². The summed E-state index contributed by atoms with van der Waals surface area (Å²) in [4.78, 5) is 10.3. The lowest BCUT2D eigenvalue weighted by Crippen LogP contribution is -1.93. The van der Waals surface area contributed by atoms with Crippen LogP contribution in [-0.4, -0.2) is 11.1 Å². The zero-order valence-electron chi connectivity index (χ0n) is 15.7. The van der Waals surface area contributed by atoms with Crippen LogP contribution < -0.4 is 0 Å². The molecule has 136 valence electrons. The molecule has 0 bridgehead atoms. The molecule has 0 saturated heterocycles. The normalized spacial score (nSPS) is 9.71. The lowest BCUT2D eigenvalue weighted by atomic mass is 10.1. The minimum atomic E-state index is -0.697. The van der Waals surface area contributed by atoms with Gasteiger partial charge in [0.05, 0.1) is 0 Å². The minimum absolute atomic E-state index is 0.288. The maximum Gasteiger partial charge on any atom is 0.303 e. The highest BCUT2D eigenvalue weighted by molar-refractivity contribution is 5.66. The number of hydrogen-bond donors (Lipinski definition) is 1. The van der Waals surface area contributed by atoms with Crippen LogP contribution in [0.15, 0.2) is 0 Å². The predicted octanol–water partition coefficient (Wildman–Crippen LogP) is 6.34. The molecule has 0 aromatic heterocycles. The highest BCUT2D eigenvalue weighted by atomic mass is 16.4. The van der Waals surface area contributed by atoms with Crippen molar-refractivity contribution < 1.29 is 9.90 Å². The van der Waals surface area contributed by atoms with Crippen LogP contribution >= 0.6 is 0 Å². The number of carboxylic acid groups (broad SMARTS) is 1. The first kappa shape index (κ1) is 22.6. The van der Waals surface area contributed by atoms with Crippen LogP contribution in [0.2, 0.25) is 0 Å². The van der Waals surface area contributed by atoms with Crippen molar-refractivity contribution in [1.29, 1.82) is 0 Å². The molecular weight excluding hydrogens is 296 g/mol. The standard InChI is InChI=1S/C22H36O2/c1-2-3-4-5-6-7-8-9-10-11-12-13-14-15-16-17-18-19-20-21-22(23)24/h2-11,16-21H2,1H3,(H,23,24). The Bertz CT molecular complexity index is 403. The highest BCUT2D eigenvalue weighted by Gasteiger charge is 1.95. The second kappa shape index (κ2) is 19.6. The SMILES string of the molecule is CCCCCCCCCCCC#CC#CCCCCCCC(=O)O. The van der Waals surface area contributed by atoms with Gasteiger partial charge in [-0.05, 0) is 31.1 Å². The molecule has 1 N–H and O–H groups in total. The van der Waals surface area contributed by atoms with E-state index < -0.39 is 5.97 Å². The Morgan fingerprint density at radius 2 is 1.08 bits per heavy atom. The molecule has 0 aliphatic rings. The molecule has 2 nitrogen and oxygen atoms in total. The molecule has 0 heterocycles. The predicted molar refractivity (Wildman–Crippen MR) is 103 cm³/mol. The van der Waals surface area contributed by atoms with Gasteiger partial charge in [-0.3, -0.25) is 4.79 Å². The Hall–Kier alpha value is -1.41. The van der Waals surface area contributed by atoms with Crippen molar-refractivity contribution in [2.45, 2.75) is 110 Å². The molecule has 0 spiro atoms. The molecule has 0 atom stereocenters. The molecule has 0 fully saturated rings. The summed E-state index contributed by atoms with van der Waals surface area (Å²) >= 11 is 0. The zero-order valence-corrected chi connectivity index (χ0v) is 15.7. The Labute approximate surface area is 149 Å². The summed E-state index contributed by atoms with van der Waals surface area (Å²) in [5.74, 6) is 11.4. The molecule has 0 aliphatic carbocycles. The minimum Gasteiger partial charge on any atom is -0.481 e. The van der Waals surface area contributed by atoms with Crippen molar-refractivity contribution in [1.82, 2.24) is 0 Å². The molecule has 0 rings (SSSR count). The summed E-state index contributed by atoms with van der Waals surface area (Å²) in [6, 6.07) is 0. The van der Waals surface area contributed by atoms with Gasteiger partial charge < -0.3 is 5.11 Å². The fourth-order valence-electron chi connectivity index (χ4n) is 2.58. The fraction of sp³-hybridized carbons (Fsp3) is 0.773. The van der Waals surface area contributed by atoms with Crippen molar-refractivity contribution in [3.63, 3.8) is 0 Å². The van der Waals surface area contributed by atoms with Gasteiger partial charge in [0, 0.05) is 19.3 Å². The van der Waals surface area contributed by atoms with Crippen molar-refractivity contribution in [2.75, 3.05) is 0 Å². The Kier molecular flexibility index (Phi) is 18.5. The van der Waals surface area contributed by atoms with Gasteiger partial charge in [-0.2, -0.15) is 0 Å².